The lowest BCUT2D eigenvalue weighted by atomic mass is 9.83. The van der Waals surface area contributed by atoms with Crippen LogP contribution in [0.3, 0.4) is 0 Å². The minimum atomic E-state index is -0.940. The first kappa shape index (κ1) is 45.1. The fraction of sp³-hybridized carbons (Fsp3) is 0.426. The van der Waals surface area contributed by atoms with Crippen molar-refractivity contribution in [1.82, 2.24) is 45.3 Å². The molecule has 4 heterocycles. The van der Waals surface area contributed by atoms with E-state index in [0.29, 0.717) is 23.8 Å². The predicted octanol–water partition coefficient (Wildman–Crippen LogP) is 7.26. The van der Waals surface area contributed by atoms with Gasteiger partial charge >= 0.3 is 18.3 Å². The first-order chi connectivity index (χ1) is 30.6. The lowest BCUT2D eigenvalue weighted by Crippen LogP contribution is -2.53. The Morgan fingerprint density at radius 1 is 0.766 bits per heavy atom. The third-order valence-corrected chi connectivity index (χ3v) is 11.8. The summed E-state index contributed by atoms with van der Waals surface area (Å²) < 4.78 is 15.3. The molecular weight excluding hydrogens is 819 g/mol. The fourth-order valence-corrected chi connectivity index (χ4v) is 8.47. The van der Waals surface area contributed by atoms with Gasteiger partial charge < -0.3 is 44.6 Å². The maximum Gasteiger partial charge on any atom is 0.411 e. The molecule has 17 nitrogen and oxygen atoms in total. The summed E-state index contributed by atoms with van der Waals surface area (Å²) in [6.07, 6.45) is 9.89. The second kappa shape index (κ2) is 19.2. The van der Waals surface area contributed by atoms with Crippen molar-refractivity contribution >= 4 is 30.1 Å². The molecule has 338 valence electrons. The number of hydrogen-bond donors (Lipinski definition) is 4. The van der Waals surface area contributed by atoms with Crippen LogP contribution in [0.1, 0.15) is 83.5 Å². The number of nitrogens with one attached hydrogen (secondary N) is 4. The second-order valence-corrected chi connectivity index (χ2v) is 17.5. The van der Waals surface area contributed by atoms with Crippen LogP contribution in [0.4, 0.5) is 14.4 Å². The number of methoxy groups -OCH3 is 2. The van der Waals surface area contributed by atoms with Gasteiger partial charge in [-0.2, -0.15) is 0 Å². The fourth-order valence-electron chi connectivity index (χ4n) is 8.47. The molecule has 2 aromatic heterocycles. The van der Waals surface area contributed by atoms with Gasteiger partial charge in [0.05, 0.1) is 51.2 Å². The summed E-state index contributed by atoms with van der Waals surface area (Å²) in [7, 11) is 2.52. The van der Waals surface area contributed by atoms with Gasteiger partial charge in [-0.25, -0.2) is 24.4 Å². The molecule has 64 heavy (non-hydrogen) atoms. The Labute approximate surface area is 372 Å². The average Bonchev–Trinajstić information content (AvgIpc) is 4.13. The summed E-state index contributed by atoms with van der Waals surface area (Å²) in [6.45, 7) is 11.4. The van der Waals surface area contributed by atoms with Crippen LogP contribution in [0, 0.1) is 5.92 Å². The number of rotatable bonds is 11. The van der Waals surface area contributed by atoms with Crippen LogP contribution >= 0.6 is 0 Å². The number of H-pyrrole nitrogens is 2. The van der Waals surface area contributed by atoms with E-state index < -0.39 is 48.0 Å². The highest BCUT2D eigenvalue weighted by atomic mass is 16.6. The van der Waals surface area contributed by atoms with Crippen LogP contribution in [0.2, 0.25) is 0 Å². The van der Waals surface area contributed by atoms with E-state index in [9.17, 15) is 24.0 Å². The van der Waals surface area contributed by atoms with E-state index in [-0.39, 0.29) is 30.9 Å². The standard InChI is InChI=1S/C47H57N9O8/c1-28(2)38(52-44(59)62-6)42(57)55-23-11-14-36(55)40-48-24-34(50-40)31-19-15-29(16-20-31)30-17-21-32(22-18-30)35-25-49-41(51-35)37-26-54(46(61)64-47(3,4)5)27-56(37)43(58)39(53-45(60)63-7)33-12-9-8-10-13-33/h11,14-22,24-25,33,36-39H,1,8-10,12-13,23,26-27H2,2-7H3,(H,48,50)(H,49,51)(H,52,59)(H,53,60)/t36-,37-,38-,39-/m0/s1. The van der Waals surface area contributed by atoms with Crippen molar-refractivity contribution in [3.8, 4) is 33.6 Å². The zero-order chi connectivity index (χ0) is 45.7. The molecule has 4 N–H and O–H groups in total. The molecule has 0 radical (unpaired) electrons. The largest absolute Gasteiger partial charge is 0.453 e. The Bertz CT molecular complexity index is 2380. The summed E-state index contributed by atoms with van der Waals surface area (Å²) in [5.41, 5.74) is 5.04. The normalized spacial score (nSPS) is 18.6. The summed E-state index contributed by atoms with van der Waals surface area (Å²) >= 11 is 0. The van der Waals surface area contributed by atoms with Gasteiger partial charge in [-0.05, 0) is 74.3 Å². The van der Waals surface area contributed by atoms with E-state index in [2.05, 4.69) is 32.2 Å². The maximum absolute atomic E-state index is 14.4. The van der Waals surface area contributed by atoms with E-state index in [1.807, 2.05) is 60.7 Å². The number of carbonyl (C=O) groups excluding carboxylic acids is 5. The van der Waals surface area contributed by atoms with Crippen molar-refractivity contribution < 1.29 is 38.2 Å². The zero-order valence-electron chi connectivity index (χ0n) is 37.2. The molecule has 4 atom stereocenters. The van der Waals surface area contributed by atoms with Crippen LogP contribution in [-0.2, 0) is 23.8 Å². The number of carbonyl (C=O) groups is 5. The van der Waals surface area contributed by atoms with Gasteiger partial charge in [0, 0.05) is 6.54 Å². The van der Waals surface area contributed by atoms with Crippen molar-refractivity contribution in [3.63, 3.8) is 0 Å². The molecule has 3 aliphatic rings. The van der Waals surface area contributed by atoms with E-state index in [4.69, 9.17) is 19.2 Å². The number of imidazole rings is 2. The number of nitrogens with zero attached hydrogens (tertiary/aromatic N) is 5. The van der Waals surface area contributed by atoms with Gasteiger partial charge in [-0.1, -0.05) is 86.5 Å². The first-order valence-electron chi connectivity index (χ1n) is 21.5. The number of ether oxygens (including phenoxy) is 3. The lowest BCUT2D eigenvalue weighted by Gasteiger charge is -2.33. The molecule has 2 fully saturated rings. The second-order valence-electron chi connectivity index (χ2n) is 17.5. The van der Waals surface area contributed by atoms with Crippen LogP contribution < -0.4 is 10.6 Å². The van der Waals surface area contributed by atoms with Gasteiger partial charge in [0.2, 0.25) is 5.91 Å². The molecule has 1 saturated heterocycles. The number of aromatic nitrogens is 4. The quantitative estimate of drug-likeness (QED) is 0.0877. The molecule has 1 saturated carbocycles. The Morgan fingerprint density at radius 2 is 1.31 bits per heavy atom. The van der Waals surface area contributed by atoms with Gasteiger partial charge in [-0.3, -0.25) is 14.5 Å². The summed E-state index contributed by atoms with van der Waals surface area (Å²) in [6, 6.07) is 13.2. The van der Waals surface area contributed by atoms with Crippen molar-refractivity contribution in [2.24, 2.45) is 5.92 Å². The third-order valence-electron chi connectivity index (χ3n) is 11.8. The molecule has 0 unspecified atom stereocenters. The van der Waals surface area contributed by atoms with Crippen molar-refractivity contribution in [1.29, 1.82) is 0 Å². The predicted molar refractivity (Wildman–Crippen MR) is 238 cm³/mol. The Morgan fingerprint density at radius 3 is 1.88 bits per heavy atom. The van der Waals surface area contributed by atoms with Gasteiger partial charge in [-0.15, -0.1) is 0 Å². The molecule has 0 spiro atoms. The van der Waals surface area contributed by atoms with Gasteiger partial charge in [0.25, 0.3) is 5.91 Å². The highest BCUT2D eigenvalue weighted by Gasteiger charge is 2.44. The maximum atomic E-state index is 14.4. The molecule has 0 bridgehead atoms. The van der Waals surface area contributed by atoms with E-state index >= 15 is 0 Å². The lowest BCUT2D eigenvalue weighted by molar-refractivity contribution is -0.136. The minimum Gasteiger partial charge on any atom is -0.453 e. The first-order valence-corrected chi connectivity index (χ1v) is 21.5. The molecule has 5 amide bonds. The molecular formula is C47H57N9O8. The van der Waals surface area contributed by atoms with E-state index in [1.165, 1.54) is 19.1 Å². The van der Waals surface area contributed by atoms with E-state index in [1.54, 1.807) is 49.9 Å². The third kappa shape index (κ3) is 10.1. The topological polar surface area (TPSA) is 204 Å². The molecule has 7 rings (SSSR count). The molecule has 2 aromatic carbocycles. The van der Waals surface area contributed by atoms with Crippen molar-refractivity contribution in [2.45, 2.75) is 89.6 Å². The monoisotopic (exact) mass is 875 g/mol. The van der Waals surface area contributed by atoms with Crippen LogP contribution in [-0.4, -0.2) is 116 Å². The number of benzene rings is 2. The average molecular weight is 876 g/mol. The number of aromatic amines is 2. The Hall–Kier alpha value is -6.91. The van der Waals surface area contributed by atoms with Crippen LogP contribution in [0.25, 0.3) is 33.6 Å². The Kier molecular flexibility index (Phi) is 13.6. The SMILES string of the molecule is C=C(C)[C@H](NC(=O)OC)C(=O)N1CC=C[C@H]1c1ncc(-c2ccc(-c3ccc(-c4cnc([C@@H]5CN(C(=O)OC(C)(C)C)CN5C(=O)[C@@H](NC(=O)OC)C5CCCCC5)[nH]4)cc3)cc2)[nH]1. The van der Waals surface area contributed by atoms with Crippen molar-refractivity contribution in [3.05, 3.63) is 96.9 Å². The van der Waals surface area contributed by atoms with E-state index in [0.717, 1.165) is 65.7 Å². The molecule has 2 aliphatic heterocycles. The summed E-state index contributed by atoms with van der Waals surface area (Å²) in [4.78, 5) is 86.5. The van der Waals surface area contributed by atoms with Crippen LogP contribution in [0.15, 0.2) is 85.2 Å². The minimum absolute atomic E-state index is 0.0269. The molecule has 1 aliphatic carbocycles. The Balaban J connectivity index is 1.05. The number of amides is 5. The van der Waals surface area contributed by atoms with Crippen LogP contribution in [0.5, 0.6) is 0 Å². The zero-order valence-corrected chi connectivity index (χ0v) is 37.2. The number of hydrogen-bond acceptors (Lipinski definition) is 10. The molecule has 17 heteroatoms. The highest BCUT2D eigenvalue weighted by molar-refractivity contribution is 5.89. The van der Waals surface area contributed by atoms with Gasteiger partial charge in [0.1, 0.15) is 41.4 Å². The van der Waals surface area contributed by atoms with Gasteiger partial charge in [0.15, 0.2) is 0 Å². The molecule has 4 aromatic rings. The highest BCUT2D eigenvalue weighted by Crippen LogP contribution is 2.35. The smallest absolute Gasteiger partial charge is 0.411 e. The number of alkyl carbamates (subject to hydrolysis) is 2. The van der Waals surface area contributed by atoms with Crippen molar-refractivity contribution in [2.75, 3.05) is 34.0 Å². The summed E-state index contributed by atoms with van der Waals surface area (Å²) in [5.74, 6) is 0.405. The summed E-state index contributed by atoms with van der Waals surface area (Å²) in [5, 5.41) is 5.37.